The van der Waals surface area contributed by atoms with E-state index in [0.717, 1.165) is 10.4 Å². The van der Waals surface area contributed by atoms with Gasteiger partial charge in [-0.15, -0.1) is 11.3 Å². The van der Waals surface area contributed by atoms with E-state index in [9.17, 15) is 13.2 Å². The summed E-state index contributed by atoms with van der Waals surface area (Å²) in [5.74, 6) is 0.116. The lowest BCUT2D eigenvalue weighted by molar-refractivity contribution is 0.0683. The van der Waals surface area contributed by atoms with Crippen LogP contribution < -0.4 is 4.74 Å². The molecule has 0 saturated carbocycles. The molecule has 1 aliphatic rings. The zero-order valence-electron chi connectivity index (χ0n) is 15.6. The fraction of sp³-hybridized carbons (Fsp3) is 0.421. The molecule has 1 aromatic heterocycles. The van der Waals surface area contributed by atoms with E-state index in [-0.39, 0.29) is 33.5 Å². The average molecular weight is 462 g/mol. The summed E-state index contributed by atoms with van der Waals surface area (Å²) in [4.78, 5) is 16.0. The first-order chi connectivity index (χ1) is 13.2. The molecule has 1 aliphatic heterocycles. The number of ether oxygens (including phenoxy) is 1. The lowest BCUT2D eigenvalue weighted by atomic mass is 10.1. The molecule has 0 N–H and O–H groups in total. The first-order valence-electron chi connectivity index (χ1n) is 8.88. The molecule has 1 fully saturated rings. The topological polar surface area (TPSA) is 63.7 Å². The first kappa shape index (κ1) is 21.4. The standard InChI is InChI=1S/C19H21Cl2NO4S2/c1-3-26-18-15(20)8-13(9-16(18)21)19(23)22(10-17-12(2)4-6-27-17)14-5-7-28(24,25)11-14/h4,6,8-9,14H,3,5,7,10-11H2,1-2H3/t14-/m1/s1. The number of sulfone groups is 1. The van der Waals surface area contributed by atoms with Crippen LogP contribution in [0.25, 0.3) is 0 Å². The predicted octanol–water partition coefficient (Wildman–Crippen LogP) is 4.59. The second-order valence-electron chi connectivity index (χ2n) is 6.72. The van der Waals surface area contributed by atoms with E-state index in [1.165, 1.54) is 12.1 Å². The third-order valence-corrected chi connectivity index (χ3v) is 8.05. The van der Waals surface area contributed by atoms with Gasteiger partial charge in [0, 0.05) is 16.5 Å². The number of carbonyl (C=O) groups excluding carboxylic acids is 1. The van der Waals surface area contributed by atoms with Gasteiger partial charge in [0.05, 0.1) is 34.7 Å². The van der Waals surface area contributed by atoms with Crippen LogP contribution in [0.1, 0.15) is 34.1 Å². The van der Waals surface area contributed by atoms with Crippen molar-refractivity contribution >= 4 is 50.3 Å². The Kier molecular flexibility index (Phi) is 6.59. The van der Waals surface area contributed by atoms with Gasteiger partial charge in [0.25, 0.3) is 5.91 Å². The van der Waals surface area contributed by atoms with Crippen molar-refractivity contribution in [3.8, 4) is 5.75 Å². The molecule has 1 aromatic carbocycles. The largest absolute Gasteiger partial charge is 0.491 e. The fourth-order valence-corrected chi connectivity index (χ4v) is 6.47. The summed E-state index contributed by atoms with van der Waals surface area (Å²) in [6.07, 6.45) is 0.428. The molecule has 2 heterocycles. The maximum Gasteiger partial charge on any atom is 0.254 e. The van der Waals surface area contributed by atoms with Crippen LogP contribution in [0.2, 0.25) is 10.0 Å². The number of halogens is 2. The van der Waals surface area contributed by atoms with Crippen molar-refractivity contribution in [3.63, 3.8) is 0 Å². The van der Waals surface area contributed by atoms with Crippen molar-refractivity contribution in [3.05, 3.63) is 49.6 Å². The maximum absolute atomic E-state index is 13.3. The highest BCUT2D eigenvalue weighted by atomic mass is 35.5. The molecule has 3 rings (SSSR count). The number of thiophene rings is 1. The Bertz CT molecular complexity index is 965. The Morgan fingerprint density at radius 2 is 2.00 bits per heavy atom. The van der Waals surface area contributed by atoms with Crippen LogP contribution in [0.5, 0.6) is 5.75 Å². The zero-order chi connectivity index (χ0) is 20.5. The number of rotatable bonds is 6. The summed E-state index contributed by atoms with van der Waals surface area (Å²) in [6.45, 7) is 4.54. The van der Waals surface area contributed by atoms with Crippen LogP contribution in [-0.2, 0) is 16.4 Å². The number of hydrogen-bond donors (Lipinski definition) is 0. The Morgan fingerprint density at radius 3 is 2.50 bits per heavy atom. The van der Waals surface area contributed by atoms with Gasteiger partial charge in [-0.2, -0.15) is 0 Å². The number of amides is 1. The van der Waals surface area contributed by atoms with E-state index in [1.807, 2.05) is 25.3 Å². The molecular weight excluding hydrogens is 441 g/mol. The van der Waals surface area contributed by atoms with Crippen molar-refractivity contribution in [2.75, 3.05) is 18.1 Å². The van der Waals surface area contributed by atoms with Gasteiger partial charge in [-0.3, -0.25) is 4.79 Å². The van der Waals surface area contributed by atoms with E-state index in [4.69, 9.17) is 27.9 Å². The van der Waals surface area contributed by atoms with Gasteiger partial charge >= 0.3 is 0 Å². The molecule has 28 heavy (non-hydrogen) atoms. The Hall–Kier alpha value is -1.28. The summed E-state index contributed by atoms with van der Waals surface area (Å²) in [5.41, 5.74) is 1.39. The molecule has 0 bridgehead atoms. The molecule has 1 saturated heterocycles. The van der Waals surface area contributed by atoms with E-state index >= 15 is 0 Å². The van der Waals surface area contributed by atoms with Crippen molar-refractivity contribution in [2.24, 2.45) is 0 Å². The molecule has 5 nitrogen and oxygen atoms in total. The minimum absolute atomic E-state index is 0.0261. The minimum Gasteiger partial charge on any atom is -0.491 e. The molecule has 1 amide bonds. The van der Waals surface area contributed by atoms with Crippen molar-refractivity contribution < 1.29 is 17.9 Å². The monoisotopic (exact) mass is 461 g/mol. The van der Waals surface area contributed by atoms with E-state index in [1.54, 1.807) is 16.2 Å². The average Bonchev–Trinajstić information content (AvgIpc) is 3.20. The third kappa shape index (κ3) is 4.64. The highest BCUT2D eigenvalue weighted by Crippen LogP contribution is 2.35. The summed E-state index contributed by atoms with van der Waals surface area (Å²) in [7, 11) is -3.14. The van der Waals surface area contributed by atoms with Crippen molar-refractivity contribution in [1.82, 2.24) is 4.90 Å². The Morgan fingerprint density at radius 1 is 1.32 bits per heavy atom. The van der Waals surface area contributed by atoms with Gasteiger partial charge in [-0.05, 0) is 49.4 Å². The first-order valence-corrected chi connectivity index (χ1v) is 12.3. The summed E-state index contributed by atoms with van der Waals surface area (Å²) >= 11 is 14.1. The van der Waals surface area contributed by atoms with E-state index < -0.39 is 9.84 Å². The highest BCUT2D eigenvalue weighted by molar-refractivity contribution is 7.91. The van der Waals surface area contributed by atoms with Crippen molar-refractivity contribution in [2.45, 2.75) is 32.9 Å². The number of aryl methyl sites for hydroxylation is 1. The smallest absolute Gasteiger partial charge is 0.254 e. The fourth-order valence-electron chi connectivity index (χ4n) is 3.24. The second kappa shape index (κ2) is 8.61. The summed E-state index contributed by atoms with van der Waals surface area (Å²) in [6, 6.07) is 4.67. The number of benzene rings is 1. The molecule has 1 atom stereocenters. The summed E-state index contributed by atoms with van der Waals surface area (Å²) in [5, 5.41) is 2.47. The van der Waals surface area contributed by atoms with Crippen LogP contribution in [0.3, 0.4) is 0 Å². The van der Waals surface area contributed by atoms with Crippen LogP contribution >= 0.6 is 34.5 Å². The maximum atomic E-state index is 13.3. The van der Waals surface area contributed by atoms with Crippen LogP contribution in [0.4, 0.5) is 0 Å². The number of carbonyl (C=O) groups is 1. The van der Waals surface area contributed by atoms with Gasteiger partial charge in [0.1, 0.15) is 0 Å². The van der Waals surface area contributed by atoms with Gasteiger partial charge in [0.15, 0.2) is 15.6 Å². The van der Waals surface area contributed by atoms with Gasteiger partial charge in [-0.25, -0.2) is 8.42 Å². The molecule has 0 spiro atoms. The SMILES string of the molecule is CCOc1c(Cl)cc(C(=O)N(Cc2sccc2C)[C@@H]2CCS(=O)(=O)C2)cc1Cl. The van der Waals surface area contributed by atoms with Crippen LogP contribution in [0.15, 0.2) is 23.6 Å². The Balaban J connectivity index is 1.95. The van der Waals surface area contributed by atoms with Gasteiger partial charge in [0.2, 0.25) is 0 Å². The summed E-state index contributed by atoms with van der Waals surface area (Å²) < 4.78 is 29.4. The number of nitrogens with zero attached hydrogens (tertiary/aromatic N) is 1. The van der Waals surface area contributed by atoms with Crippen LogP contribution in [-0.4, -0.2) is 43.4 Å². The Labute approximate surface area is 179 Å². The second-order valence-corrected chi connectivity index (χ2v) is 10.8. The van der Waals surface area contributed by atoms with Gasteiger partial charge in [-0.1, -0.05) is 23.2 Å². The van der Waals surface area contributed by atoms with Crippen molar-refractivity contribution in [1.29, 1.82) is 0 Å². The molecule has 0 aliphatic carbocycles. The molecule has 0 unspecified atom stereocenters. The lowest BCUT2D eigenvalue weighted by Gasteiger charge is -2.28. The third-order valence-electron chi connectivity index (χ3n) is 4.73. The molecule has 152 valence electrons. The molecule has 9 heteroatoms. The normalized spacial score (nSPS) is 18.2. The minimum atomic E-state index is -3.14. The molecule has 0 radical (unpaired) electrons. The molecule has 2 aromatic rings. The molecular formula is C19H21Cl2NO4S2. The van der Waals surface area contributed by atoms with Crippen LogP contribution in [0, 0.1) is 6.92 Å². The van der Waals surface area contributed by atoms with E-state index in [0.29, 0.717) is 30.9 Å². The van der Waals surface area contributed by atoms with Gasteiger partial charge < -0.3 is 9.64 Å². The van der Waals surface area contributed by atoms with E-state index in [2.05, 4.69) is 0 Å². The predicted molar refractivity (Wildman–Crippen MR) is 114 cm³/mol. The zero-order valence-corrected chi connectivity index (χ0v) is 18.7. The number of hydrogen-bond acceptors (Lipinski definition) is 5. The quantitative estimate of drug-likeness (QED) is 0.630. The lowest BCUT2D eigenvalue weighted by Crippen LogP contribution is -2.40. The highest BCUT2D eigenvalue weighted by Gasteiger charge is 2.35.